The molecule has 0 saturated heterocycles. The number of nitrogens with zero attached hydrogens (tertiary/aromatic N) is 2. The predicted octanol–water partition coefficient (Wildman–Crippen LogP) is 19.7. The highest BCUT2D eigenvalue weighted by Crippen LogP contribution is 2.57. The Morgan fingerprint density at radius 1 is 0.355 bits per heavy atom. The minimum atomic E-state index is -0.636. The van der Waals surface area contributed by atoms with E-state index in [1.165, 1.54) is 49.7 Å². The normalized spacial score (nSPS) is 13.5. The van der Waals surface area contributed by atoms with Crippen molar-refractivity contribution in [1.82, 2.24) is 4.57 Å². The molecule has 1 atom stereocenters. The molecular formula is C73H52N2O. The Balaban J connectivity index is 0.943. The van der Waals surface area contributed by atoms with E-state index in [1.54, 1.807) is 0 Å². The second-order valence-corrected chi connectivity index (χ2v) is 19.4. The second kappa shape index (κ2) is 19.1. The summed E-state index contributed by atoms with van der Waals surface area (Å²) in [6, 6.07) is 94.3. The fourth-order valence-corrected chi connectivity index (χ4v) is 11.5. The zero-order valence-corrected chi connectivity index (χ0v) is 42.0. The number of fused-ring (bicyclic) bond motifs is 6. The van der Waals surface area contributed by atoms with Crippen molar-refractivity contribution in [3.05, 3.63) is 320 Å². The van der Waals surface area contributed by atoms with E-state index < -0.39 is 5.41 Å². The van der Waals surface area contributed by atoms with Crippen molar-refractivity contribution in [2.45, 2.75) is 5.41 Å². The molecule has 11 aromatic carbocycles. The number of aromatic nitrogens is 1. The lowest BCUT2D eigenvalue weighted by molar-refractivity contribution is 0.482. The van der Waals surface area contributed by atoms with Crippen LogP contribution < -0.4 is 9.64 Å². The average molecular weight is 973 g/mol. The van der Waals surface area contributed by atoms with E-state index in [0.29, 0.717) is 0 Å². The standard InChI is InChI=1S/C73H52N2O/c1-4-50-21-33-61(34-22-50)75-71-45-25-52(6-3)47-67(71)68-48-56(30-46-72(68)75)55-28-37-60(38-29-55)74(59-35-26-54(27-36-59)53-15-9-7-10-16-53)62-39-44-66-65-19-13-14-20-69(65)73(70(66)49-62,57-17-11-8-12-18-57)58-31-42-64(43-32-58)76-63-40-23-51(5-2)24-41-63/h4-49H,1-3H2. The van der Waals surface area contributed by atoms with Gasteiger partial charge in [0.15, 0.2) is 0 Å². The minimum absolute atomic E-state index is 0.636. The Morgan fingerprint density at radius 3 is 1.47 bits per heavy atom. The first-order valence-electron chi connectivity index (χ1n) is 25.8. The summed E-state index contributed by atoms with van der Waals surface area (Å²) in [7, 11) is 0. The van der Waals surface area contributed by atoms with Gasteiger partial charge in [-0.15, -0.1) is 0 Å². The van der Waals surface area contributed by atoms with Gasteiger partial charge in [0.1, 0.15) is 11.5 Å². The fourth-order valence-electron chi connectivity index (χ4n) is 11.5. The second-order valence-electron chi connectivity index (χ2n) is 19.4. The highest BCUT2D eigenvalue weighted by Gasteiger charge is 2.46. The molecule has 1 heterocycles. The molecule has 1 aromatic heterocycles. The van der Waals surface area contributed by atoms with Crippen LogP contribution in [0.2, 0.25) is 0 Å². The molecule has 0 bridgehead atoms. The number of hydrogen-bond acceptors (Lipinski definition) is 2. The maximum absolute atomic E-state index is 6.42. The molecule has 0 spiro atoms. The van der Waals surface area contributed by atoms with E-state index in [-0.39, 0.29) is 0 Å². The van der Waals surface area contributed by atoms with Crippen LogP contribution in [0.3, 0.4) is 0 Å². The SMILES string of the molecule is C=Cc1ccc(Oc2ccc(C3(c4ccccc4)c4ccccc4-c4ccc(N(c5ccc(-c6ccccc6)cc5)c5ccc(-c6ccc7c(c6)c6cc(C=C)ccc6n7-c6ccc(C=C)cc6)cc5)cc43)cc2)cc1. The number of ether oxygens (including phenoxy) is 1. The zero-order valence-electron chi connectivity index (χ0n) is 42.0. The third kappa shape index (κ3) is 7.85. The van der Waals surface area contributed by atoms with E-state index in [1.807, 2.05) is 42.5 Å². The average Bonchev–Trinajstić information content (AvgIpc) is 3.98. The summed E-state index contributed by atoms with van der Waals surface area (Å²) in [5.41, 5.74) is 21.1. The van der Waals surface area contributed by atoms with Gasteiger partial charge in [0.2, 0.25) is 0 Å². The van der Waals surface area contributed by atoms with Crippen molar-refractivity contribution in [3.63, 3.8) is 0 Å². The Bertz CT molecular complexity index is 4130. The molecule has 360 valence electrons. The van der Waals surface area contributed by atoms with Gasteiger partial charge in [-0.25, -0.2) is 0 Å². The Labute approximate surface area is 444 Å². The predicted molar refractivity (Wildman–Crippen MR) is 320 cm³/mol. The van der Waals surface area contributed by atoms with E-state index in [0.717, 1.165) is 78.7 Å². The van der Waals surface area contributed by atoms with Gasteiger partial charge in [0.25, 0.3) is 0 Å². The molecular weight excluding hydrogens is 921 g/mol. The van der Waals surface area contributed by atoms with Crippen molar-refractivity contribution >= 4 is 57.1 Å². The Hall–Kier alpha value is -9.96. The Morgan fingerprint density at radius 2 is 0.829 bits per heavy atom. The van der Waals surface area contributed by atoms with Crippen LogP contribution in [-0.4, -0.2) is 4.57 Å². The van der Waals surface area contributed by atoms with Crippen molar-refractivity contribution in [2.75, 3.05) is 4.90 Å². The molecule has 3 nitrogen and oxygen atoms in total. The lowest BCUT2D eigenvalue weighted by Gasteiger charge is -2.35. The smallest absolute Gasteiger partial charge is 0.127 e. The van der Waals surface area contributed by atoms with Crippen LogP contribution in [0.1, 0.15) is 38.9 Å². The topological polar surface area (TPSA) is 17.4 Å². The number of rotatable bonds is 13. The zero-order chi connectivity index (χ0) is 51.2. The molecule has 76 heavy (non-hydrogen) atoms. The van der Waals surface area contributed by atoms with Crippen molar-refractivity contribution in [3.8, 4) is 50.6 Å². The summed E-state index contributed by atoms with van der Waals surface area (Å²) in [6.07, 6.45) is 5.65. The third-order valence-electron chi connectivity index (χ3n) is 15.2. The third-order valence-corrected chi connectivity index (χ3v) is 15.2. The van der Waals surface area contributed by atoms with Crippen LogP contribution in [0, 0.1) is 0 Å². The summed E-state index contributed by atoms with van der Waals surface area (Å²) in [5, 5.41) is 2.38. The lowest BCUT2D eigenvalue weighted by atomic mass is 9.67. The van der Waals surface area contributed by atoms with Gasteiger partial charge in [-0.2, -0.15) is 0 Å². The van der Waals surface area contributed by atoms with Crippen LogP contribution in [0.15, 0.2) is 281 Å². The Kier molecular flexibility index (Phi) is 11.6. The van der Waals surface area contributed by atoms with E-state index in [9.17, 15) is 0 Å². The maximum Gasteiger partial charge on any atom is 0.127 e. The van der Waals surface area contributed by atoms with Gasteiger partial charge in [0.05, 0.1) is 16.4 Å². The molecule has 12 aromatic rings. The summed E-state index contributed by atoms with van der Waals surface area (Å²) in [5.74, 6) is 1.55. The molecule has 0 aliphatic heterocycles. The number of anilines is 3. The van der Waals surface area contributed by atoms with E-state index in [2.05, 4.69) is 266 Å². The van der Waals surface area contributed by atoms with Crippen LogP contribution in [-0.2, 0) is 5.41 Å². The summed E-state index contributed by atoms with van der Waals surface area (Å²) in [6.45, 7) is 12.0. The summed E-state index contributed by atoms with van der Waals surface area (Å²) >= 11 is 0. The molecule has 0 fully saturated rings. The molecule has 1 aliphatic rings. The van der Waals surface area contributed by atoms with E-state index in [4.69, 9.17) is 4.74 Å². The van der Waals surface area contributed by atoms with Gasteiger partial charge in [-0.3, -0.25) is 0 Å². The molecule has 1 unspecified atom stereocenters. The summed E-state index contributed by atoms with van der Waals surface area (Å²) in [4.78, 5) is 2.40. The lowest BCUT2D eigenvalue weighted by Crippen LogP contribution is -2.28. The quantitative estimate of drug-likeness (QED) is 0.115. The largest absolute Gasteiger partial charge is 0.457 e. The monoisotopic (exact) mass is 972 g/mol. The van der Waals surface area contributed by atoms with Crippen molar-refractivity contribution in [2.24, 2.45) is 0 Å². The van der Waals surface area contributed by atoms with Crippen LogP contribution in [0.5, 0.6) is 11.5 Å². The van der Waals surface area contributed by atoms with Crippen LogP contribution in [0.25, 0.3) is 79.1 Å². The highest BCUT2D eigenvalue weighted by molar-refractivity contribution is 6.11. The molecule has 1 aliphatic carbocycles. The number of benzene rings is 11. The van der Waals surface area contributed by atoms with Gasteiger partial charge in [-0.1, -0.05) is 202 Å². The first kappa shape index (κ1) is 45.9. The van der Waals surface area contributed by atoms with Gasteiger partial charge < -0.3 is 14.2 Å². The minimum Gasteiger partial charge on any atom is -0.457 e. The molecule has 0 N–H and O–H groups in total. The fraction of sp³-hybridized carbons (Fsp3) is 0.0137. The molecule has 13 rings (SSSR count). The van der Waals surface area contributed by atoms with Gasteiger partial charge in [-0.05, 0) is 169 Å². The first-order valence-corrected chi connectivity index (χ1v) is 25.8. The van der Waals surface area contributed by atoms with Crippen LogP contribution >= 0.6 is 0 Å². The number of hydrogen-bond donors (Lipinski definition) is 0. The van der Waals surface area contributed by atoms with Gasteiger partial charge in [0, 0.05) is 33.5 Å². The molecule has 3 heteroatoms. The van der Waals surface area contributed by atoms with Crippen LogP contribution in [0.4, 0.5) is 17.1 Å². The first-order chi connectivity index (χ1) is 37.5. The van der Waals surface area contributed by atoms with Crippen molar-refractivity contribution in [1.29, 1.82) is 0 Å². The maximum atomic E-state index is 6.42. The molecule has 0 saturated carbocycles. The molecule has 0 radical (unpaired) electrons. The highest BCUT2D eigenvalue weighted by atomic mass is 16.5. The molecule has 0 amide bonds. The summed E-state index contributed by atoms with van der Waals surface area (Å²) < 4.78 is 8.77. The van der Waals surface area contributed by atoms with Gasteiger partial charge >= 0.3 is 0 Å². The van der Waals surface area contributed by atoms with Crippen molar-refractivity contribution < 1.29 is 4.74 Å². The van der Waals surface area contributed by atoms with E-state index >= 15 is 0 Å².